The second-order valence-corrected chi connectivity index (χ2v) is 7.30. The van der Waals surface area contributed by atoms with E-state index in [4.69, 9.17) is 9.73 Å². The van der Waals surface area contributed by atoms with Crippen LogP contribution in [0, 0.1) is 0 Å². The molecule has 0 spiro atoms. The number of benzene rings is 2. The smallest absolute Gasteiger partial charge is 0.353 e. The third-order valence-corrected chi connectivity index (χ3v) is 5.20. The number of ether oxygens (including phenoxy) is 1. The van der Waals surface area contributed by atoms with E-state index in [9.17, 15) is 4.79 Å². The second kappa shape index (κ2) is 6.13. The fourth-order valence-corrected chi connectivity index (χ4v) is 3.70. The lowest BCUT2D eigenvalue weighted by molar-refractivity contribution is -0.137. The fourth-order valence-electron chi connectivity index (χ4n) is 3.70. The summed E-state index contributed by atoms with van der Waals surface area (Å²) in [5.41, 5.74) is 3.21. The predicted molar refractivity (Wildman–Crippen MR) is 104 cm³/mol. The van der Waals surface area contributed by atoms with Gasteiger partial charge in [-0.1, -0.05) is 48.5 Å². The highest BCUT2D eigenvalue weighted by Crippen LogP contribution is 2.36. The molecule has 0 bridgehead atoms. The summed E-state index contributed by atoms with van der Waals surface area (Å²) in [6.07, 6.45) is 2.09. The highest BCUT2D eigenvalue weighted by Gasteiger charge is 2.39. The number of aryl methyl sites for hydroxylation is 1. The molecule has 1 atom stereocenters. The molecule has 4 heteroatoms. The fraction of sp³-hybridized carbons (Fsp3) is 0.273. The Bertz CT molecular complexity index is 999. The summed E-state index contributed by atoms with van der Waals surface area (Å²) in [6.45, 7) is 4.38. The minimum atomic E-state index is -0.550. The highest BCUT2D eigenvalue weighted by molar-refractivity contribution is 6.40. The lowest BCUT2D eigenvalue weighted by Crippen LogP contribution is -2.40. The van der Waals surface area contributed by atoms with E-state index in [2.05, 4.69) is 22.9 Å². The molecule has 0 aliphatic carbocycles. The van der Waals surface area contributed by atoms with Crippen molar-refractivity contribution < 1.29 is 9.53 Å². The number of hydrogen-bond donors (Lipinski definition) is 0. The van der Waals surface area contributed by atoms with Gasteiger partial charge in [0.15, 0.2) is 0 Å². The molecule has 1 aliphatic rings. The standard InChI is InChI=1S/C22H22N2O2/c1-22(2,17-13-24(3)19-12-8-7-11-16(17)19)20-21(25)26-14-18(23-20)15-9-5-4-6-10-15/h4-13,18H,14H2,1-3H3/t18-/m0/s1. The lowest BCUT2D eigenvalue weighted by Gasteiger charge is -2.30. The van der Waals surface area contributed by atoms with Gasteiger partial charge >= 0.3 is 5.97 Å². The zero-order chi connectivity index (χ0) is 18.3. The van der Waals surface area contributed by atoms with E-state index in [-0.39, 0.29) is 18.6 Å². The summed E-state index contributed by atoms with van der Waals surface area (Å²) in [7, 11) is 2.02. The number of cyclic esters (lactones) is 1. The summed E-state index contributed by atoms with van der Waals surface area (Å²) in [6, 6.07) is 18.1. The summed E-state index contributed by atoms with van der Waals surface area (Å²) in [5.74, 6) is -0.324. The van der Waals surface area contributed by atoms with Gasteiger partial charge in [0.2, 0.25) is 0 Å². The van der Waals surface area contributed by atoms with Crippen LogP contribution in [-0.2, 0) is 22.0 Å². The third-order valence-electron chi connectivity index (χ3n) is 5.20. The maximum absolute atomic E-state index is 12.6. The van der Waals surface area contributed by atoms with Gasteiger partial charge in [0.25, 0.3) is 0 Å². The number of aliphatic imine (C=N–C) groups is 1. The molecule has 2 heterocycles. The minimum Gasteiger partial charge on any atom is -0.459 e. The summed E-state index contributed by atoms with van der Waals surface area (Å²) >= 11 is 0. The number of carbonyl (C=O) groups is 1. The SMILES string of the molecule is Cn1cc(C(C)(C)C2=N[C@H](c3ccccc3)COC2=O)c2ccccc21. The van der Waals surface area contributed by atoms with Gasteiger partial charge in [0, 0.05) is 29.6 Å². The Kier molecular flexibility index (Phi) is 3.91. The Hall–Kier alpha value is -2.88. The number of hydrogen-bond acceptors (Lipinski definition) is 3. The number of esters is 1. The Morgan fingerprint density at radius 3 is 2.54 bits per heavy atom. The van der Waals surface area contributed by atoms with Crippen LogP contribution < -0.4 is 0 Å². The number of nitrogens with zero attached hydrogens (tertiary/aromatic N) is 2. The van der Waals surface area contributed by atoms with Crippen LogP contribution >= 0.6 is 0 Å². The van der Waals surface area contributed by atoms with Crippen molar-refractivity contribution >= 4 is 22.6 Å². The van der Waals surface area contributed by atoms with E-state index < -0.39 is 5.41 Å². The van der Waals surface area contributed by atoms with Gasteiger partial charge in [-0.15, -0.1) is 0 Å². The molecule has 4 nitrogen and oxygen atoms in total. The zero-order valence-electron chi connectivity index (χ0n) is 15.3. The van der Waals surface area contributed by atoms with E-state index in [1.54, 1.807) is 0 Å². The molecule has 0 saturated heterocycles. The van der Waals surface area contributed by atoms with E-state index in [0.29, 0.717) is 5.71 Å². The predicted octanol–water partition coefficient (Wildman–Crippen LogP) is 4.20. The number of fused-ring (bicyclic) bond motifs is 1. The number of para-hydroxylation sites is 1. The molecule has 3 aromatic rings. The van der Waals surface area contributed by atoms with Crippen LogP contribution in [0.25, 0.3) is 10.9 Å². The van der Waals surface area contributed by atoms with Crippen LogP contribution in [-0.4, -0.2) is 22.9 Å². The molecule has 0 fully saturated rings. The van der Waals surface area contributed by atoms with E-state index >= 15 is 0 Å². The van der Waals surface area contributed by atoms with E-state index in [1.165, 1.54) is 0 Å². The molecule has 0 unspecified atom stereocenters. The molecule has 0 amide bonds. The average Bonchev–Trinajstić information content (AvgIpc) is 3.01. The number of rotatable bonds is 3. The van der Waals surface area contributed by atoms with Gasteiger partial charge in [0.1, 0.15) is 18.4 Å². The van der Waals surface area contributed by atoms with Gasteiger partial charge < -0.3 is 9.30 Å². The Morgan fingerprint density at radius 2 is 1.77 bits per heavy atom. The summed E-state index contributed by atoms with van der Waals surface area (Å²) in [4.78, 5) is 17.4. The van der Waals surface area contributed by atoms with Gasteiger partial charge in [-0.25, -0.2) is 4.79 Å². The average molecular weight is 346 g/mol. The minimum absolute atomic E-state index is 0.154. The first-order chi connectivity index (χ1) is 12.5. The van der Waals surface area contributed by atoms with Crippen molar-refractivity contribution in [3.05, 3.63) is 71.9 Å². The molecule has 132 valence electrons. The Labute approximate surface area is 153 Å². The second-order valence-electron chi connectivity index (χ2n) is 7.30. The van der Waals surface area contributed by atoms with Crippen LogP contribution in [0.5, 0.6) is 0 Å². The first-order valence-corrected chi connectivity index (χ1v) is 8.83. The van der Waals surface area contributed by atoms with Crippen molar-refractivity contribution in [3.8, 4) is 0 Å². The Morgan fingerprint density at radius 1 is 1.08 bits per heavy atom. The maximum Gasteiger partial charge on any atom is 0.353 e. The van der Waals surface area contributed by atoms with Crippen LogP contribution in [0.3, 0.4) is 0 Å². The zero-order valence-corrected chi connectivity index (χ0v) is 15.3. The van der Waals surface area contributed by atoms with Crippen LogP contribution in [0.15, 0.2) is 65.8 Å². The highest BCUT2D eigenvalue weighted by atomic mass is 16.5. The van der Waals surface area contributed by atoms with Gasteiger partial charge in [0.05, 0.1) is 0 Å². The van der Waals surface area contributed by atoms with Crippen molar-refractivity contribution in [1.82, 2.24) is 4.57 Å². The molecular formula is C22H22N2O2. The maximum atomic E-state index is 12.6. The van der Waals surface area contributed by atoms with Crippen molar-refractivity contribution in [2.24, 2.45) is 12.0 Å². The lowest BCUT2D eigenvalue weighted by atomic mass is 9.79. The van der Waals surface area contributed by atoms with Crippen molar-refractivity contribution in [2.45, 2.75) is 25.3 Å². The van der Waals surface area contributed by atoms with E-state index in [0.717, 1.165) is 22.0 Å². The van der Waals surface area contributed by atoms with Gasteiger partial charge in [-0.05, 0) is 31.0 Å². The van der Waals surface area contributed by atoms with Gasteiger partial charge in [-0.3, -0.25) is 4.99 Å². The summed E-state index contributed by atoms with van der Waals surface area (Å²) in [5, 5.41) is 1.14. The van der Waals surface area contributed by atoms with Crippen LogP contribution in [0.2, 0.25) is 0 Å². The molecule has 1 aliphatic heterocycles. The molecule has 26 heavy (non-hydrogen) atoms. The molecule has 2 aromatic carbocycles. The number of aromatic nitrogens is 1. The largest absolute Gasteiger partial charge is 0.459 e. The van der Waals surface area contributed by atoms with Crippen LogP contribution in [0.4, 0.5) is 0 Å². The molecular weight excluding hydrogens is 324 g/mol. The van der Waals surface area contributed by atoms with Crippen molar-refractivity contribution in [2.75, 3.05) is 6.61 Å². The monoisotopic (exact) mass is 346 g/mol. The normalized spacial score (nSPS) is 17.9. The quantitative estimate of drug-likeness (QED) is 0.667. The number of carbonyl (C=O) groups excluding carboxylic acids is 1. The first-order valence-electron chi connectivity index (χ1n) is 8.83. The first kappa shape index (κ1) is 16.6. The van der Waals surface area contributed by atoms with Crippen molar-refractivity contribution in [3.63, 3.8) is 0 Å². The Balaban J connectivity index is 1.82. The summed E-state index contributed by atoms with van der Waals surface area (Å²) < 4.78 is 7.60. The van der Waals surface area contributed by atoms with Gasteiger partial charge in [-0.2, -0.15) is 0 Å². The topological polar surface area (TPSA) is 43.6 Å². The van der Waals surface area contributed by atoms with Crippen molar-refractivity contribution in [1.29, 1.82) is 0 Å². The molecule has 0 radical (unpaired) electrons. The van der Waals surface area contributed by atoms with E-state index in [1.807, 2.05) is 63.4 Å². The third kappa shape index (κ3) is 2.62. The molecule has 1 aromatic heterocycles. The van der Waals surface area contributed by atoms with Crippen LogP contribution in [0.1, 0.15) is 31.0 Å². The molecule has 4 rings (SSSR count). The molecule has 0 N–H and O–H groups in total. The molecule has 0 saturated carbocycles.